The van der Waals surface area contributed by atoms with Gasteiger partial charge in [0, 0.05) is 32.0 Å². The van der Waals surface area contributed by atoms with Gasteiger partial charge in [-0.2, -0.15) is 0 Å². The summed E-state index contributed by atoms with van der Waals surface area (Å²) in [5.41, 5.74) is -0.375. The monoisotopic (exact) mass is 393 g/mol. The number of amides is 2. The third-order valence-electron chi connectivity index (χ3n) is 5.90. The maximum atomic E-state index is 12.5. The van der Waals surface area contributed by atoms with Gasteiger partial charge >= 0.3 is 0 Å². The fourth-order valence-electron chi connectivity index (χ4n) is 4.26. The highest BCUT2D eigenvalue weighted by atomic mass is 16.5. The number of aromatic nitrogens is 1. The molecule has 1 spiro atoms. The van der Waals surface area contributed by atoms with E-state index in [9.17, 15) is 14.7 Å². The Labute approximate surface area is 165 Å². The molecule has 1 aromatic rings. The lowest BCUT2D eigenvalue weighted by Gasteiger charge is -2.52. The van der Waals surface area contributed by atoms with Crippen LogP contribution in [0.2, 0.25) is 0 Å². The summed E-state index contributed by atoms with van der Waals surface area (Å²) in [4.78, 5) is 26.5. The third kappa shape index (κ3) is 4.55. The number of aliphatic hydroxyl groups excluding tert-OH is 1. The molecule has 0 aromatic carbocycles. The van der Waals surface area contributed by atoms with E-state index >= 15 is 0 Å². The van der Waals surface area contributed by atoms with Crippen LogP contribution < -0.4 is 5.32 Å². The molecule has 0 radical (unpaired) electrons. The van der Waals surface area contributed by atoms with Gasteiger partial charge in [-0.05, 0) is 33.1 Å². The number of nitrogens with one attached hydrogen (secondary N) is 1. The summed E-state index contributed by atoms with van der Waals surface area (Å²) < 4.78 is 11.2. The van der Waals surface area contributed by atoms with Crippen molar-refractivity contribution in [1.29, 1.82) is 0 Å². The Hall–Kier alpha value is -1.93. The first-order valence-corrected chi connectivity index (χ1v) is 10.1. The molecule has 8 nitrogen and oxygen atoms in total. The van der Waals surface area contributed by atoms with Gasteiger partial charge in [0.2, 0.25) is 11.8 Å². The van der Waals surface area contributed by atoms with Gasteiger partial charge in [0.15, 0.2) is 0 Å². The topological polar surface area (TPSA) is 105 Å². The number of ether oxygens (including phenoxy) is 1. The quantitative estimate of drug-likeness (QED) is 0.782. The van der Waals surface area contributed by atoms with Crippen molar-refractivity contribution >= 4 is 11.8 Å². The van der Waals surface area contributed by atoms with Gasteiger partial charge in [0.1, 0.15) is 11.9 Å². The second-order valence-electron chi connectivity index (χ2n) is 8.39. The smallest absolute Gasteiger partial charge is 0.230 e. The van der Waals surface area contributed by atoms with Crippen molar-refractivity contribution in [3.05, 3.63) is 17.5 Å². The molecule has 3 rings (SSSR count). The summed E-state index contributed by atoms with van der Waals surface area (Å²) in [6.07, 6.45) is 2.58. The first-order valence-electron chi connectivity index (χ1n) is 10.1. The second-order valence-corrected chi connectivity index (χ2v) is 8.39. The number of rotatable bonds is 5. The molecule has 2 aliphatic heterocycles. The minimum Gasteiger partial charge on any atom is -0.388 e. The van der Waals surface area contributed by atoms with Gasteiger partial charge in [0.25, 0.3) is 0 Å². The van der Waals surface area contributed by atoms with E-state index < -0.39 is 17.2 Å². The number of hydrogen-bond acceptors (Lipinski definition) is 6. The number of aliphatic hydroxyl groups is 1. The summed E-state index contributed by atoms with van der Waals surface area (Å²) in [5.74, 6) is 0.544. The number of hydrogen-bond donors (Lipinski definition) is 2. The van der Waals surface area contributed by atoms with Crippen LogP contribution in [-0.4, -0.2) is 63.9 Å². The highest BCUT2D eigenvalue weighted by molar-refractivity contribution is 5.78. The van der Waals surface area contributed by atoms with Crippen molar-refractivity contribution in [3.8, 4) is 0 Å². The Bertz CT molecular complexity index is 710. The summed E-state index contributed by atoms with van der Waals surface area (Å²) in [6.45, 7) is 7.03. The van der Waals surface area contributed by atoms with Crippen molar-refractivity contribution in [3.63, 3.8) is 0 Å². The van der Waals surface area contributed by atoms with Crippen molar-refractivity contribution < 1.29 is 24.0 Å². The van der Waals surface area contributed by atoms with E-state index in [1.807, 2.05) is 25.7 Å². The van der Waals surface area contributed by atoms with Crippen LogP contribution >= 0.6 is 0 Å². The van der Waals surface area contributed by atoms with E-state index in [1.165, 1.54) is 0 Å². The van der Waals surface area contributed by atoms with Gasteiger partial charge in [-0.15, -0.1) is 0 Å². The summed E-state index contributed by atoms with van der Waals surface area (Å²) in [6, 6.07) is 1.78. The molecule has 1 aromatic heterocycles. The van der Waals surface area contributed by atoms with Crippen LogP contribution in [0.3, 0.4) is 0 Å². The molecule has 156 valence electrons. The molecular formula is C20H31N3O5. The van der Waals surface area contributed by atoms with Gasteiger partial charge in [-0.3, -0.25) is 9.59 Å². The molecule has 28 heavy (non-hydrogen) atoms. The zero-order valence-electron chi connectivity index (χ0n) is 17.0. The van der Waals surface area contributed by atoms with Crippen molar-refractivity contribution in [2.45, 2.75) is 76.5 Å². The van der Waals surface area contributed by atoms with E-state index in [-0.39, 0.29) is 24.8 Å². The van der Waals surface area contributed by atoms with Gasteiger partial charge in [0.05, 0.1) is 29.9 Å². The van der Waals surface area contributed by atoms with Crippen LogP contribution in [0.25, 0.3) is 0 Å². The molecular weight excluding hydrogens is 362 g/mol. The first kappa shape index (κ1) is 20.8. The third-order valence-corrected chi connectivity index (χ3v) is 5.90. The standard InChI is InChI=1S/C20H31N3O5/c1-4-5-17(25)21-19(3)13-20(27-12-16(19)24)6-8-23(9-7-20)18(26)11-15-10-14(2)22-28-15/h10,16,24H,4-9,11-13H2,1-3H3,(H,21,25)/t16-,19-/m0/s1. The Morgan fingerprint density at radius 3 is 2.71 bits per heavy atom. The minimum atomic E-state index is -0.742. The summed E-state index contributed by atoms with van der Waals surface area (Å²) >= 11 is 0. The van der Waals surface area contributed by atoms with Crippen LogP contribution in [0.1, 0.15) is 57.4 Å². The lowest BCUT2D eigenvalue weighted by molar-refractivity contribution is -0.183. The van der Waals surface area contributed by atoms with E-state index in [0.29, 0.717) is 44.5 Å². The Kier molecular flexibility index (Phi) is 6.09. The highest BCUT2D eigenvalue weighted by Gasteiger charge is 2.50. The average molecular weight is 393 g/mol. The minimum absolute atomic E-state index is 0.0147. The Balaban J connectivity index is 1.59. The Morgan fingerprint density at radius 2 is 2.11 bits per heavy atom. The number of carbonyl (C=O) groups is 2. The van der Waals surface area contributed by atoms with E-state index in [4.69, 9.17) is 9.26 Å². The molecule has 0 aliphatic carbocycles. The number of piperidine rings is 1. The van der Waals surface area contributed by atoms with Crippen LogP contribution in [0.5, 0.6) is 0 Å². The van der Waals surface area contributed by atoms with E-state index in [0.717, 1.165) is 12.1 Å². The lowest BCUT2D eigenvalue weighted by atomic mass is 9.74. The van der Waals surface area contributed by atoms with Gasteiger partial charge in [-0.1, -0.05) is 12.1 Å². The second kappa shape index (κ2) is 8.21. The maximum Gasteiger partial charge on any atom is 0.230 e. The van der Waals surface area contributed by atoms with E-state index in [1.54, 1.807) is 6.07 Å². The molecule has 3 heterocycles. The summed E-state index contributed by atoms with van der Waals surface area (Å²) in [7, 11) is 0. The van der Waals surface area contributed by atoms with Crippen LogP contribution in [0.15, 0.2) is 10.6 Å². The van der Waals surface area contributed by atoms with Crippen LogP contribution in [0.4, 0.5) is 0 Å². The molecule has 2 fully saturated rings. The van der Waals surface area contributed by atoms with Crippen molar-refractivity contribution in [2.24, 2.45) is 0 Å². The molecule has 2 N–H and O–H groups in total. The predicted octanol–water partition coefficient (Wildman–Crippen LogP) is 1.34. The van der Waals surface area contributed by atoms with Gasteiger partial charge < -0.3 is 24.6 Å². The molecule has 2 aliphatic rings. The average Bonchev–Trinajstić information content (AvgIpc) is 3.04. The van der Waals surface area contributed by atoms with Crippen molar-refractivity contribution in [1.82, 2.24) is 15.4 Å². The number of nitrogens with zero attached hydrogens (tertiary/aromatic N) is 2. The molecule has 2 saturated heterocycles. The molecule has 0 saturated carbocycles. The Morgan fingerprint density at radius 1 is 1.39 bits per heavy atom. The largest absolute Gasteiger partial charge is 0.388 e. The number of aryl methyl sites for hydroxylation is 1. The van der Waals surface area contributed by atoms with Crippen LogP contribution in [-0.2, 0) is 20.7 Å². The van der Waals surface area contributed by atoms with Crippen LogP contribution in [0, 0.1) is 6.92 Å². The molecule has 2 atom stereocenters. The zero-order valence-corrected chi connectivity index (χ0v) is 17.0. The lowest BCUT2D eigenvalue weighted by Crippen LogP contribution is -2.65. The molecule has 0 bridgehead atoms. The highest BCUT2D eigenvalue weighted by Crippen LogP contribution is 2.39. The molecule has 8 heteroatoms. The SMILES string of the molecule is CCCC(=O)N[C@@]1(C)CC2(CCN(C(=O)Cc3cc(C)no3)CC2)OC[C@@H]1O. The fourth-order valence-corrected chi connectivity index (χ4v) is 4.26. The predicted molar refractivity (Wildman–Crippen MR) is 102 cm³/mol. The number of carbonyl (C=O) groups excluding carboxylic acids is 2. The fraction of sp³-hybridized carbons (Fsp3) is 0.750. The molecule has 0 unspecified atom stereocenters. The maximum absolute atomic E-state index is 12.5. The zero-order chi connectivity index (χ0) is 20.4. The first-order chi connectivity index (χ1) is 13.3. The van der Waals surface area contributed by atoms with E-state index in [2.05, 4.69) is 10.5 Å². The van der Waals surface area contributed by atoms with Gasteiger partial charge in [-0.25, -0.2) is 0 Å². The van der Waals surface area contributed by atoms with Crippen molar-refractivity contribution in [2.75, 3.05) is 19.7 Å². The number of likely N-dealkylation sites (tertiary alicyclic amines) is 1. The summed E-state index contributed by atoms with van der Waals surface area (Å²) in [5, 5.41) is 17.3. The molecule has 2 amide bonds. The normalized spacial score (nSPS) is 27.0.